The lowest BCUT2D eigenvalue weighted by atomic mass is 9.98. The van der Waals surface area contributed by atoms with Crippen LogP contribution in [-0.4, -0.2) is 37.6 Å². The standard InChI is InChI=1S/C15H20ClNO2/c1-11-3-4-12(8-14(11)16)7-13-9-15(18)17(10-13)5-6-19-2/h3-4,8,13H,5-7,9-10H2,1-2H3/t13-/m1/s1. The lowest BCUT2D eigenvalue weighted by molar-refractivity contribution is -0.128. The monoisotopic (exact) mass is 281 g/mol. The molecule has 1 aromatic carbocycles. The number of methoxy groups -OCH3 is 1. The van der Waals surface area contributed by atoms with Crippen LogP contribution in [0.3, 0.4) is 0 Å². The van der Waals surface area contributed by atoms with Crippen LogP contribution >= 0.6 is 11.6 Å². The fourth-order valence-corrected chi connectivity index (χ4v) is 2.71. The van der Waals surface area contributed by atoms with Crippen molar-refractivity contribution >= 4 is 17.5 Å². The van der Waals surface area contributed by atoms with E-state index in [0.717, 1.165) is 23.6 Å². The Bertz CT molecular complexity index is 461. The smallest absolute Gasteiger partial charge is 0.223 e. The maximum atomic E-state index is 11.8. The Morgan fingerprint density at radius 3 is 2.95 bits per heavy atom. The van der Waals surface area contributed by atoms with Crippen molar-refractivity contribution in [2.45, 2.75) is 19.8 Å². The maximum absolute atomic E-state index is 11.8. The van der Waals surface area contributed by atoms with Gasteiger partial charge in [-0.15, -0.1) is 0 Å². The minimum Gasteiger partial charge on any atom is -0.383 e. The molecule has 0 bridgehead atoms. The molecule has 0 aliphatic carbocycles. The number of benzene rings is 1. The van der Waals surface area contributed by atoms with E-state index in [1.807, 2.05) is 24.0 Å². The molecule has 0 radical (unpaired) electrons. The van der Waals surface area contributed by atoms with E-state index in [-0.39, 0.29) is 5.91 Å². The van der Waals surface area contributed by atoms with Gasteiger partial charge in [-0.3, -0.25) is 4.79 Å². The van der Waals surface area contributed by atoms with Gasteiger partial charge in [0.05, 0.1) is 6.61 Å². The molecular formula is C15H20ClNO2. The summed E-state index contributed by atoms with van der Waals surface area (Å²) >= 11 is 6.13. The van der Waals surface area contributed by atoms with Crippen LogP contribution in [0.1, 0.15) is 17.5 Å². The topological polar surface area (TPSA) is 29.5 Å². The van der Waals surface area contributed by atoms with E-state index in [1.165, 1.54) is 5.56 Å². The largest absolute Gasteiger partial charge is 0.383 e. The zero-order valence-corrected chi connectivity index (χ0v) is 12.2. The quantitative estimate of drug-likeness (QED) is 0.830. The molecule has 2 rings (SSSR count). The molecule has 0 N–H and O–H groups in total. The van der Waals surface area contributed by atoms with E-state index in [2.05, 4.69) is 6.07 Å². The molecular weight excluding hydrogens is 262 g/mol. The van der Waals surface area contributed by atoms with Gasteiger partial charge in [-0.2, -0.15) is 0 Å². The number of carbonyl (C=O) groups is 1. The molecule has 1 heterocycles. The molecule has 104 valence electrons. The SMILES string of the molecule is COCCN1C[C@H](Cc2ccc(C)c(Cl)c2)CC1=O. The van der Waals surface area contributed by atoms with Gasteiger partial charge in [0, 0.05) is 31.6 Å². The molecule has 1 fully saturated rings. The Morgan fingerprint density at radius 1 is 1.47 bits per heavy atom. The number of ether oxygens (including phenoxy) is 1. The highest BCUT2D eigenvalue weighted by Crippen LogP contribution is 2.24. The van der Waals surface area contributed by atoms with Crippen molar-refractivity contribution in [2.24, 2.45) is 5.92 Å². The molecule has 1 aliphatic rings. The molecule has 1 atom stereocenters. The Labute approximate surface area is 119 Å². The summed E-state index contributed by atoms with van der Waals surface area (Å²) < 4.78 is 5.02. The minimum atomic E-state index is 0.236. The summed E-state index contributed by atoms with van der Waals surface area (Å²) in [6, 6.07) is 6.15. The highest BCUT2D eigenvalue weighted by Gasteiger charge is 2.29. The number of halogens is 1. The van der Waals surface area contributed by atoms with E-state index in [0.29, 0.717) is 25.5 Å². The molecule has 19 heavy (non-hydrogen) atoms. The van der Waals surface area contributed by atoms with Crippen LogP contribution in [0.5, 0.6) is 0 Å². The first-order valence-electron chi connectivity index (χ1n) is 6.62. The first-order chi connectivity index (χ1) is 9.10. The third-order valence-electron chi connectivity index (χ3n) is 3.62. The van der Waals surface area contributed by atoms with E-state index >= 15 is 0 Å². The van der Waals surface area contributed by atoms with Crippen LogP contribution in [0.25, 0.3) is 0 Å². The third-order valence-corrected chi connectivity index (χ3v) is 4.03. The number of aryl methyl sites for hydroxylation is 1. The molecule has 0 saturated carbocycles. The molecule has 0 unspecified atom stereocenters. The van der Waals surface area contributed by atoms with Crippen LogP contribution in [0.15, 0.2) is 18.2 Å². The van der Waals surface area contributed by atoms with Crippen molar-refractivity contribution in [3.8, 4) is 0 Å². The summed E-state index contributed by atoms with van der Waals surface area (Å²) in [5, 5.41) is 0.804. The molecule has 1 aromatic rings. The minimum absolute atomic E-state index is 0.236. The second-order valence-corrected chi connectivity index (χ2v) is 5.60. The summed E-state index contributed by atoms with van der Waals surface area (Å²) in [6.45, 7) is 4.13. The lowest BCUT2D eigenvalue weighted by Gasteiger charge is -2.16. The second-order valence-electron chi connectivity index (χ2n) is 5.19. The average molecular weight is 282 g/mol. The number of hydrogen-bond donors (Lipinski definition) is 0. The summed E-state index contributed by atoms with van der Waals surface area (Å²) in [6.07, 6.45) is 1.55. The van der Waals surface area contributed by atoms with Crippen molar-refractivity contribution in [3.63, 3.8) is 0 Å². The number of likely N-dealkylation sites (tertiary alicyclic amines) is 1. The summed E-state index contributed by atoms with van der Waals surface area (Å²) in [7, 11) is 1.66. The van der Waals surface area contributed by atoms with E-state index in [9.17, 15) is 4.79 Å². The van der Waals surface area contributed by atoms with Crippen LogP contribution in [0, 0.1) is 12.8 Å². The first kappa shape index (κ1) is 14.4. The second kappa shape index (κ2) is 6.40. The predicted octanol–water partition coefficient (Wildman–Crippen LogP) is 2.69. The molecule has 1 aliphatic heterocycles. The predicted molar refractivity (Wildman–Crippen MR) is 76.5 cm³/mol. The van der Waals surface area contributed by atoms with Gasteiger partial charge in [-0.05, 0) is 36.5 Å². The normalized spacial score (nSPS) is 19.2. The van der Waals surface area contributed by atoms with E-state index < -0.39 is 0 Å². The molecule has 1 amide bonds. The zero-order valence-electron chi connectivity index (χ0n) is 11.5. The number of amides is 1. The number of hydrogen-bond acceptors (Lipinski definition) is 2. The Hall–Kier alpha value is -1.06. The van der Waals surface area contributed by atoms with Crippen LogP contribution in [-0.2, 0) is 16.0 Å². The van der Waals surface area contributed by atoms with Crippen molar-refractivity contribution < 1.29 is 9.53 Å². The van der Waals surface area contributed by atoms with Gasteiger partial charge in [0.25, 0.3) is 0 Å². The molecule has 0 aromatic heterocycles. The molecule has 1 saturated heterocycles. The van der Waals surface area contributed by atoms with Crippen LogP contribution < -0.4 is 0 Å². The Kier molecular flexibility index (Phi) is 4.83. The highest BCUT2D eigenvalue weighted by molar-refractivity contribution is 6.31. The third kappa shape index (κ3) is 3.71. The van der Waals surface area contributed by atoms with Crippen molar-refractivity contribution in [3.05, 3.63) is 34.3 Å². The van der Waals surface area contributed by atoms with Gasteiger partial charge in [-0.1, -0.05) is 23.7 Å². The van der Waals surface area contributed by atoms with E-state index in [1.54, 1.807) is 7.11 Å². The maximum Gasteiger partial charge on any atom is 0.223 e. The molecule has 4 heteroatoms. The van der Waals surface area contributed by atoms with E-state index in [4.69, 9.17) is 16.3 Å². The molecule has 3 nitrogen and oxygen atoms in total. The number of carbonyl (C=O) groups excluding carboxylic acids is 1. The van der Waals surface area contributed by atoms with Gasteiger partial charge in [0.1, 0.15) is 0 Å². The average Bonchev–Trinajstić information content (AvgIpc) is 2.72. The Morgan fingerprint density at radius 2 is 2.26 bits per heavy atom. The fourth-order valence-electron chi connectivity index (χ4n) is 2.50. The van der Waals surface area contributed by atoms with Crippen molar-refractivity contribution in [1.29, 1.82) is 0 Å². The van der Waals surface area contributed by atoms with Crippen LogP contribution in [0.2, 0.25) is 5.02 Å². The Balaban J connectivity index is 1.93. The van der Waals surface area contributed by atoms with Crippen molar-refractivity contribution in [1.82, 2.24) is 4.90 Å². The first-order valence-corrected chi connectivity index (χ1v) is 6.99. The van der Waals surface area contributed by atoms with Gasteiger partial charge >= 0.3 is 0 Å². The zero-order chi connectivity index (χ0) is 13.8. The molecule has 0 spiro atoms. The lowest BCUT2D eigenvalue weighted by Crippen LogP contribution is -2.28. The highest BCUT2D eigenvalue weighted by atomic mass is 35.5. The van der Waals surface area contributed by atoms with Crippen molar-refractivity contribution in [2.75, 3.05) is 26.8 Å². The summed E-state index contributed by atoms with van der Waals surface area (Å²) in [4.78, 5) is 13.7. The summed E-state index contributed by atoms with van der Waals surface area (Å²) in [5.41, 5.74) is 2.30. The summed E-state index contributed by atoms with van der Waals surface area (Å²) in [5.74, 6) is 0.628. The van der Waals surface area contributed by atoms with Gasteiger partial charge in [-0.25, -0.2) is 0 Å². The van der Waals surface area contributed by atoms with Gasteiger partial charge in [0.2, 0.25) is 5.91 Å². The fraction of sp³-hybridized carbons (Fsp3) is 0.533. The van der Waals surface area contributed by atoms with Gasteiger partial charge < -0.3 is 9.64 Å². The number of nitrogens with zero attached hydrogens (tertiary/aromatic N) is 1. The van der Waals surface area contributed by atoms with Gasteiger partial charge in [0.15, 0.2) is 0 Å². The van der Waals surface area contributed by atoms with Crippen LogP contribution in [0.4, 0.5) is 0 Å². The number of rotatable bonds is 5.